The summed E-state index contributed by atoms with van der Waals surface area (Å²) in [6.45, 7) is 10.8. The molecule has 8 heteroatoms. The summed E-state index contributed by atoms with van der Waals surface area (Å²) in [5.74, 6) is 2.28. The van der Waals surface area contributed by atoms with Crippen LogP contribution in [0.4, 0.5) is 0 Å². The number of thioether (sulfide) groups is 1. The molecule has 0 spiro atoms. The molecule has 0 aromatic heterocycles. The van der Waals surface area contributed by atoms with Crippen molar-refractivity contribution in [3.63, 3.8) is 0 Å². The molecule has 0 bridgehead atoms. The number of hydrogen-bond donors (Lipinski definition) is 2. The Morgan fingerprint density at radius 2 is 2.00 bits per heavy atom. The summed E-state index contributed by atoms with van der Waals surface area (Å²) < 4.78 is 23.0. The first-order chi connectivity index (χ1) is 10.6. The van der Waals surface area contributed by atoms with Gasteiger partial charge in [-0.25, -0.2) is 8.42 Å². The Bertz CT molecular complexity index is 501. The topological polar surface area (TPSA) is 70.6 Å². The van der Waals surface area contributed by atoms with E-state index in [2.05, 4.69) is 43.3 Å². The molecular formula is C16H34IN3O2S2. The first-order valence-corrected chi connectivity index (χ1v) is 11.4. The molecule has 2 N–H and O–H groups in total. The second-order valence-corrected chi connectivity index (χ2v) is 11.4. The van der Waals surface area contributed by atoms with E-state index >= 15 is 0 Å². The van der Waals surface area contributed by atoms with Gasteiger partial charge in [0.25, 0.3) is 0 Å². The number of sulfone groups is 1. The largest absolute Gasteiger partial charge is 0.357 e. The van der Waals surface area contributed by atoms with Crippen LogP contribution in [0.2, 0.25) is 0 Å². The SMILES string of the molecule is CCNC(=NCC(C)(C)CCS(C)(=O)=O)NCC1(C)CCCS1.I. The van der Waals surface area contributed by atoms with Crippen molar-refractivity contribution in [1.29, 1.82) is 0 Å². The van der Waals surface area contributed by atoms with Gasteiger partial charge in [-0.05, 0) is 44.3 Å². The summed E-state index contributed by atoms with van der Waals surface area (Å²) in [6.07, 6.45) is 4.44. The van der Waals surface area contributed by atoms with Gasteiger partial charge in [0, 0.05) is 30.6 Å². The Morgan fingerprint density at radius 1 is 1.33 bits per heavy atom. The highest BCUT2D eigenvalue weighted by Gasteiger charge is 2.29. The lowest BCUT2D eigenvalue weighted by Gasteiger charge is -2.26. The van der Waals surface area contributed by atoms with E-state index in [4.69, 9.17) is 0 Å². The van der Waals surface area contributed by atoms with Crippen LogP contribution in [0.5, 0.6) is 0 Å². The molecule has 1 aliphatic rings. The second-order valence-electron chi connectivity index (χ2n) is 7.49. The van der Waals surface area contributed by atoms with Crippen LogP contribution < -0.4 is 10.6 Å². The number of nitrogens with zero attached hydrogens (tertiary/aromatic N) is 1. The van der Waals surface area contributed by atoms with E-state index in [0.29, 0.717) is 17.7 Å². The van der Waals surface area contributed by atoms with Crippen LogP contribution in [-0.2, 0) is 9.84 Å². The maximum Gasteiger partial charge on any atom is 0.191 e. The second kappa shape index (κ2) is 10.4. The highest BCUT2D eigenvalue weighted by molar-refractivity contribution is 14.0. The van der Waals surface area contributed by atoms with E-state index in [1.807, 2.05) is 11.8 Å². The van der Waals surface area contributed by atoms with Crippen LogP contribution in [0.15, 0.2) is 4.99 Å². The summed E-state index contributed by atoms with van der Waals surface area (Å²) in [5.41, 5.74) is -0.128. The number of aliphatic imine (C=N–C) groups is 1. The quantitative estimate of drug-likeness (QED) is 0.311. The highest BCUT2D eigenvalue weighted by atomic mass is 127. The fourth-order valence-corrected chi connectivity index (χ4v) is 4.59. The van der Waals surface area contributed by atoms with Crippen molar-refractivity contribution >= 4 is 51.5 Å². The zero-order valence-electron chi connectivity index (χ0n) is 15.6. The molecule has 0 amide bonds. The van der Waals surface area contributed by atoms with Gasteiger partial charge in [-0.1, -0.05) is 13.8 Å². The Kier molecular flexibility index (Phi) is 10.6. The lowest BCUT2D eigenvalue weighted by molar-refractivity contribution is 0.365. The Morgan fingerprint density at radius 3 is 2.50 bits per heavy atom. The van der Waals surface area contributed by atoms with Gasteiger partial charge in [-0.2, -0.15) is 11.8 Å². The fraction of sp³-hybridized carbons (Fsp3) is 0.938. The van der Waals surface area contributed by atoms with Crippen LogP contribution in [0, 0.1) is 5.41 Å². The molecule has 5 nitrogen and oxygen atoms in total. The summed E-state index contributed by atoms with van der Waals surface area (Å²) in [7, 11) is -2.92. The molecule has 0 aromatic rings. The van der Waals surface area contributed by atoms with Crippen LogP contribution in [0.3, 0.4) is 0 Å². The lowest BCUT2D eigenvalue weighted by atomic mass is 9.90. The molecule has 1 unspecified atom stereocenters. The minimum Gasteiger partial charge on any atom is -0.357 e. The van der Waals surface area contributed by atoms with E-state index in [-0.39, 0.29) is 35.1 Å². The summed E-state index contributed by atoms with van der Waals surface area (Å²) >= 11 is 2.03. The van der Waals surface area contributed by atoms with E-state index < -0.39 is 9.84 Å². The Labute approximate surface area is 169 Å². The zero-order valence-corrected chi connectivity index (χ0v) is 19.6. The molecule has 1 saturated heterocycles. The molecule has 24 heavy (non-hydrogen) atoms. The van der Waals surface area contributed by atoms with Crippen molar-refractivity contribution in [1.82, 2.24) is 10.6 Å². The molecule has 1 rings (SSSR count). The third-order valence-corrected chi connectivity index (χ3v) is 6.57. The number of rotatable bonds is 8. The minimum atomic E-state index is -2.92. The van der Waals surface area contributed by atoms with Crippen molar-refractivity contribution in [2.45, 2.75) is 51.7 Å². The Hall–Kier alpha value is 0.300. The van der Waals surface area contributed by atoms with Crippen LogP contribution in [0.1, 0.15) is 47.0 Å². The zero-order chi connectivity index (χ0) is 17.6. The van der Waals surface area contributed by atoms with Gasteiger partial charge in [-0.15, -0.1) is 24.0 Å². The standard InChI is InChI=1S/C16H33N3O2S2.HI/c1-6-17-14(19-13-16(4)8-7-10-22-16)18-12-15(2,3)9-11-23(5,20)21;/h6-13H2,1-5H3,(H2,17,18,19);1H. The van der Waals surface area contributed by atoms with E-state index in [1.165, 1.54) is 24.9 Å². The van der Waals surface area contributed by atoms with Crippen LogP contribution in [0.25, 0.3) is 0 Å². The molecule has 0 aromatic carbocycles. The molecular weight excluding hydrogens is 457 g/mol. The third-order valence-electron chi connectivity index (χ3n) is 4.09. The smallest absolute Gasteiger partial charge is 0.191 e. The predicted octanol–water partition coefficient (Wildman–Crippen LogP) is 2.91. The van der Waals surface area contributed by atoms with Gasteiger partial charge < -0.3 is 10.6 Å². The van der Waals surface area contributed by atoms with Crippen LogP contribution >= 0.6 is 35.7 Å². The van der Waals surface area contributed by atoms with Gasteiger partial charge in [-0.3, -0.25) is 4.99 Å². The molecule has 0 saturated carbocycles. The van der Waals surface area contributed by atoms with Gasteiger partial charge >= 0.3 is 0 Å². The molecule has 0 radical (unpaired) electrons. The minimum absolute atomic E-state index is 0. The molecule has 1 aliphatic heterocycles. The van der Waals surface area contributed by atoms with E-state index in [1.54, 1.807) is 0 Å². The van der Waals surface area contributed by atoms with Gasteiger partial charge in [0.1, 0.15) is 9.84 Å². The van der Waals surface area contributed by atoms with Gasteiger partial charge in [0.2, 0.25) is 0 Å². The molecule has 144 valence electrons. The maximum atomic E-state index is 11.3. The average Bonchev–Trinajstić information content (AvgIpc) is 2.87. The lowest BCUT2D eigenvalue weighted by Crippen LogP contribution is -2.44. The highest BCUT2D eigenvalue weighted by Crippen LogP contribution is 2.36. The van der Waals surface area contributed by atoms with Crippen molar-refractivity contribution in [2.24, 2.45) is 10.4 Å². The predicted molar refractivity (Wildman–Crippen MR) is 118 cm³/mol. The number of halogens is 1. The third kappa shape index (κ3) is 10.3. The monoisotopic (exact) mass is 491 g/mol. The van der Waals surface area contributed by atoms with Gasteiger partial charge in [0.05, 0.1) is 5.75 Å². The first kappa shape index (κ1) is 24.3. The summed E-state index contributed by atoms with van der Waals surface area (Å²) in [4.78, 5) is 4.67. The molecule has 1 fully saturated rings. The van der Waals surface area contributed by atoms with Crippen molar-refractivity contribution in [3.8, 4) is 0 Å². The number of nitrogens with one attached hydrogen (secondary N) is 2. The number of hydrogen-bond acceptors (Lipinski definition) is 4. The van der Waals surface area contributed by atoms with E-state index in [0.717, 1.165) is 19.0 Å². The normalized spacial score (nSPS) is 22.1. The van der Waals surface area contributed by atoms with Gasteiger partial charge in [0.15, 0.2) is 5.96 Å². The summed E-state index contributed by atoms with van der Waals surface area (Å²) in [5, 5.41) is 6.73. The molecule has 1 atom stereocenters. The summed E-state index contributed by atoms with van der Waals surface area (Å²) in [6, 6.07) is 0. The van der Waals surface area contributed by atoms with Crippen molar-refractivity contribution in [3.05, 3.63) is 0 Å². The van der Waals surface area contributed by atoms with Crippen molar-refractivity contribution in [2.75, 3.05) is 37.4 Å². The Balaban J connectivity index is 0.00000529. The van der Waals surface area contributed by atoms with E-state index in [9.17, 15) is 8.42 Å². The number of guanidine groups is 1. The maximum absolute atomic E-state index is 11.3. The average molecular weight is 492 g/mol. The van der Waals surface area contributed by atoms with Crippen LogP contribution in [-0.4, -0.2) is 56.5 Å². The molecule has 1 heterocycles. The van der Waals surface area contributed by atoms with Crippen molar-refractivity contribution < 1.29 is 8.42 Å². The fourth-order valence-electron chi connectivity index (χ4n) is 2.42. The first-order valence-electron chi connectivity index (χ1n) is 8.39. The molecule has 0 aliphatic carbocycles.